The number of aromatic nitrogens is 1. The van der Waals surface area contributed by atoms with Crippen LogP contribution >= 0.6 is 0 Å². The molecule has 11 nitrogen and oxygen atoms in total. The maximum absolute atomic E-state index is 13.2. The number of halogens is 6. The summed E-state index contributed by atoms with van der Waals surface area (Å²) in [6, 6.07) is 2.23. The molecule has 19 heteroatoms. The highest BCUT2D eigenvalue weighted by Crippen LogP contribution is 2.40. The number of ether oxygens (including phenoxy) is 3. The summed E-state index contributed by atoms with van der Waals surface area (Å²) in [4.78, 5) is 24.2. The monoisotopic (exact) mass is 598 g/mol. The zero-order valence-corrected chi connectivity index (χ0v) is 21.5. The topological polar surface area (TPSA) is 138 Å². The molecule has 1 aromatic carbocycles. The molecule has 0 N–H and O–H groups in total. The van der Waals surface area contributed by atoms with Gasteiger partial charge in [-0.25, -0.2) is 4.79 Å². The van der Waals surface area contributed by atoms with E-state index >= 15 is 0 Å². The quantitative estimate of drug-likeness (QED) is 0.342. The number of benzene rings is 1. The Morgan fingerprint density at radius 1 is 0.921 bits per heavy atom. The van der Waals surface area contributed by atoms with E-state index in [1.807, 2.05) is 0 Å². The van der Waals surface area contributed by atoms with Crippen molar-refractivity contribution in [2.45, 2.75) is 50.9 Å². The third-order valence-corrected chi connectivity index (χ3v) is 7.88. The minimum Gasteiger partial charge on any atom is -0.459 e. The van der Waals surface area contributed by atoms with Crippen LogP contribution in [0, 0.1) is 0 Å². The average Bonchev–Trinajstić information content (AvgIpc) is 3.00. The first-order chi connectivity index (χ1) is 17.0. The van der Waals surface area contributed by atoms with Crippen molar-refractivity contribution in [3.8, 4) is 5.88 Å². The molecule has 0 saturated heterocycles. The van der Waals surface area contributed by atoms with E-state index in [4.69, 9.17) is 9.47 Å². The zero-order valence-electron chi connectivity index (χ0n) is 19.9. The fourth-order valence-electron chi connectivity index (χ4n) is 2.92. The highest BCUT2D eigenvalue weighted by atomic mass is 32.3. The van der Waals surface area contributed by atoms with Gasteiger partial charge < -0.3 is 18.8 Å². The molecule has 0 saturated carbocycles. The Balaban J connectivity index is 2.79. The van der Waals surface area contributed by atoms with Crippen LogP contribution in [0.4, 0.5) is 36.8 Å². The first-order valence-corrected chi connectivity index (χ1v) is 13.0. The first kappa shape index (κ1) is 31.0. The summed E-state index contributed by atoms with van der Waals surface area (Å²) in [5.41, 5.74) is -15.6. The van der Waals surface area contributed by atoms with Crippen LogP contribution in [0.1, 0.15) is 27.7 Å². The lowest BCUT2D eigenvalue weighted by Gasteiger charge is -2.25. The lowest BCUT2D eigenvalue weighted by Crippen LogP contribution is -2.49. The molecule has 1 heterocycles. The van der Waals surface area contributed by atoms with Gasteiger partial charge in [0.2, 0.25) is 5.88 Å². The lowest BCUT2D eigenvalue weighted by atomic mass is 10.2. The van der Waals surface area contributed by atoms with Gasteiger partial charge in [-0.1, -0.05) is 0 Å². The van der Waals surface area contributed by atoms with Crippen LogP contribution in [0.3, 0.4) is 0 Å². The van der Waals surface area contributed by atoms with E-state index in [0.717, 1.165) is 16.7 Å². The number of carbonyl (C=O) groups excluding carboxylic acids is 2. The molecular weight excluding hydrogens is 578 g/mol. The minimum atomic E-state index is -7.13. The lowest BCUT2D eigenvalue weighted by molar-refractivity contribution is -0.155. The van der Waals surface area contributed by atoms with Crippen molar-refractivity contribution in [1.82, 2.24) is 4.57 Å². The second-order valence-electron chi connectivity index (χ2n) is 8.28. The molecule has 0 spiro atoms. The number of alkyl halides is 6. The molecule has 0 bridgehead atoms. The number of carbonyl (C=O) groups is 2. The van der Waals surface area contributed by atoms with Gasteiger partial charge in [-0.2, -0.15) is 43.2 Å². The summed E-state index contributed by atoms with van der Waals surface area (Å²) in [6.45, 7) is 5.14. The standard InChI is InChI=1S/C19H20F6N2O9S2/c1-5-34-16(29)35-14-9-11-8-12(6-7-13(11)26(14)10-15(28)36-17(2,3)4)27(37(30,31)18(20,21)22)38(32,33)19(23,24)25/h6-9H,5,10H2,1-4H3. The maximum atomic E-state index is 13.2. The Morgan fingerprint density at radius 3 is 1.89 bits per heavy atom. The molecule has 214 valence electrons. The number of fused-ring (bicyclic) bond motifs is 1. The van der Waals surface area contributed by atoms with Gasteiger partial charge in [-0.05, 0) is 45.9 Å². The molecule has 0 aliphatic carbocycles. The van der Waals surface area contributed by atoms with E-state index in [1.165, 1.54) is 27.7 Å². The number of esters is 1. The summed E-state index contributed by atoms with van der Waals surface area (Å²) in [6.07, 6.45) is -1.30. The SMILES string of the molecule is CCOC(=O)Oc1cc2cc(N(S(=O)(=O)C(F)(F)F)S(=O)(=O)C(F)(F)F)ccc2n1CC(=O)OC(C)(C)C. The molecule has 0 atom stereocenters. The maximum Gasteiger partial charge on any atom is 0.517 e. The van der Waals surface area contributed by atoms with Crippen molar-refractivity contribution < 1.29 is 67.0 Å². The molecule has 38 heavy (non-hydrogen) atoms. The third kappa shape index (κ3) is 6.43. The number of rotatable bonds is 7. The molecule has 0 amide bonds. The van der Waals surface area contributed by atoms with Crippen molar-refractivity contribution in [3.05, 3.63) is 24.3 Å². The van der Waals surface area contributed by atoms with Crippen LogP contribution in [0.2, 0.25) is 0 Å². The Hall–Kier alpha value is -3.22. The van der Waals surface area contributed by atoms with E-state index in [1.54, 1.807) is 0 Å². The van der Waals surface area contributed by atoms with E-state index in [9.17, 15) is 52.8 Å². The van der Waals surface area contributed by atoms with Crippen LogP contribution in [0.15, 0.2) is 24.3 Å². The molecule has 0 fully saturated rings. The second kappa shape index (κ2) is 10.2. The fraction of sp³-hybridized carbons (Fsp3) is 0.474. The van der Waals surface area contributed by atoms with Gasteiger partial charge in [-0.15, -0.1) is 3.71 Å². The third-order valence-electron chi connectivity index (χ3n) is 4.24. The second-order valence-corrected chi connectivity index (χ2v) is 12.1. The van der Waals surface area contributed by atoms with Crippen LogP contribution in [0.5, 0.6) is 5.88 Å². The zero-order chi connectivity index (χ0) is 29.5. The number of hydrogen-bond acceptors (Lipinski definition) is 9. The highest BCUT2D eigenvalue weighted by Gasteiger charge is 2.61. The summed E-state index contributed by atoms with van der Waals surface area (Å²) in [7, 11) is -14.3. The molecular formula is C19H20F6N2O9S2. The van der Waals surface area contributed by atoms with E-state index < -0.39 is 76.0 Å². The molecule has 0 radical (unpaired) electrons. The van der Waals surface area contributed by atoms with Gasteiger partial charge >= 0.3 is 43.2 Å². The Bertz CT molecular complexity index is 1400. The molecule has 2 rings (SSSR count). The van der Waals surface area contributed by atoms with Crippen LogP contribution in [0.25, 0.3) is 10.9 Å². The van der Waals surface area contributed by atoms with Crippen molar-refractivity contribution in [3.63, 3.8) is 0 Å². The van der Waals surface area contributed by atoms with Crippen LogP contribution in [-0.2, 0) is 40.9 Å². The number of anilines is 1. The van der Waals surface area contributed by atoms with Gasteiger partial charge in [0.1, 0.15) is 12.1 Å². The predicted molar refractivity (Wildman–Crippen MR) is 118 cm³/mol. The summed E-state index contributed by atoms with van der Waals surface area (Å²) >= 11 is 0. The fourth-order valence-corrected chi connectivity index (χ4v) is 5.62. The minimum absolute atomic E-state index is 0.158. The van der Waals surface area contributed by atoms with Crippen molar-refractivity contribution >= 4 is 48.8 Å². The smallest absolute Gasteiger partial charge is 0.459 e. The highest BCUT2D eigenvalue weighted by molar-refractivity contribution is 8.11. The number of nitrogens with zero attached hydrogens (tertiary/aromatic N) is 2. The van der Waals surface area contributed by atoms with Gasteiger partial charge in [0.15, 0.2) is 0 Å². The Labute approximate surface area is 211 Å². The number of sulfonamides is 2. The van der Waals surface area contributed by atoms with Gasteiger partial charge in [-0.3, -0.25) is 4.79 Å². The van der Waals surface area contributed by atoms with Gasteiger partial charge in [0, 0.05) is 11.5 Å². The normalized spacial score (nSPS) is 13.3. The van der Waals surface area contributed by atoms with Crippen molar-refractivity contribution in [1.29, 1.82) is 0 Å². The predicted octanol–water partition coefficient (Wildman–Crippen LogP) is 4.02. The van der Waals surface area contributed by atoms with E-state index in [-0.39, 0.29) is 12.1 Å². The molecule has 0 unspecified atom stereocenters. The van der Waals surface area contributed by atoms with Crippen LogP contribution < -0.4 is 8.45 Å². The van der Waals surface area contributed by atoms with Crippen LogP contribution in [-0.4, -0.2) is 56.8 Å². The van der Waals surface area contributed by atoms with Crippen molar-refractivity contribution in [2.75, 3.05) is 10.3 Å². The Morgan fingerprint density at radius 2 is 1.45 bits per heavy atom. The first-order valence-electron chi connectivity index (χ1n) is 10.2. The Kier molecular flexibility index (Phi) is 8.29. The summed E-state index contributed by atoms with van der Waals surface area (Å²) in [5, 5.41) is -0.412. The summed E-state index contributed by atoms with van der Waals surface area (Å²) in [5.74, 6) is -1.42. The molecule has 1 aromatic heterocycles. The average molecular weight is 598 g/mol. The summed E-state index contributed by atoms with van der Waals surface area (Å²) < 4.78 is 141. The molecule has 0 aliphatic heterocycles. The molecule has 2 aromatic rings. The molecule has 0 aliphatic rings. The van der Waals surface area contributed by atoms with Gasteiger partial charge in [0.25, 0.3) is 0 Å². The number of hydrogen-bond donors (Lipinski definition) is 0. The van der Waals surface area contributed by atoms with E-state index in [2.05, 4.69) is 4.74 Å². The van der Waals surface area contributed by atoms with Crippen molar-refractivity contribution in [2.24, 2.45) is 0 Å². The van der Waals surface area contributed by atoms with Gasteiger partial charge in [0.05, 0.1) is 17.8 Å². The largest absolute Gasteiger partial charge is 0.517 e. The van der Waals surface area contributed by atoms with E-state index in [0.29, 0.717) is 12.1 Å².